The van der Waals surface area contributed by atoms with E-state index in [1.165, 1.54) is 6.20 Å². The average molecular weight is 216 g/mol. The summed E-state index contributed by atoms with van der Waals surface area (Å²) in [7, 11) is 1.66. The number of aromatic nitrogens is 2. The van der Waals surface area contributed by atoms with E-state index in [1.54, 1.807) is 7.48 Å². The minimum Gasteiger partial charge on any atom is -0.544 e. The standard InChI is InChI=1S/C7H4B2N3O4/c13-5(14)3-1-11-4(2-10-3)12-7-9(16-7)6-8-15-6/h1-2,6H,(H,13,14). The zero-order valence-electron chi connectivity index (χ0n) is 7.90. The van der Waals surface area contributed by atoms with Gasteiger partial charge in [-0.15, -0.1) is 0 Å². The molecule has 1 radical (unpaired) electrons. The van der Waals surface area contributed by atoms with Gasteiger partial charge in [0.15, 0.2) is 17.3 Å². The van der Waals surface area contributed by atoms with Gasteiger partial charge in [0.05, 0.1) is 18.3 Å². The normalized spacial score (nSPS) is 23.6. The van der Waals surface area contributed by atoms with Gasteiger partial charge in [0, 0.05) is 0 Å². The molecule has 16 heavy (non-hydrogen) atoms. The Kier molecular flexibility index (Phi) is 1.93. The highest BCUT2D eigenvalue weighted by atomic mass is 16.6. The lowest BCUT2D eigenvalue weighted by atomic mass is 9.65. The van der Waals surface area contributed by atoms with Crippen LogP contribution >= 0.6 is 0 Å². The SMILES string of the molecule is O=C(O)c1cnc(N=C2OB2C2[B]O2)cn1. The van der Waals surface area contributed by atoms with Crippen molar-refractivity contribution in [1.82, 2.24) is 9.97 Å². The van der Waals surface area contributed by atoms with Crippen LogP contribution in [-0.4, -0.2) is 47.1 Å². The van der Waals surface area contributed by atoms with Crippen LogP contribution in [0.25, 0.3) is 0 Å². The van der Waals surface area contributed by atoms with Crippen LogP contribution in [0.15, 0.2) is 17.4 Å². The Morgan fingerprint density at radius 3 is 2.94 bits per heavy atom. The summed E-state index contributed by atoms with van der Waals surface area (Å²) in [5.41, 5.74) is -0.115. The molecular weight excluding hydrogens is 212 g/mol. The van der Waals surface area contributed by atoms with Crippen molar-refractivity contribution in [3.63, 3.8) is 0 Å². The van der Waals surface area contributed by atoms with Crippen molar-refractivity contribution in [1.29, 1.82) is 0 Å². The highest BCUT2D eigenvalue weighted by Gasteiger charge is 2.57. The molecule has 0 bridgehead atoms. The van der Waals surface area contributed by atoms with Crippen LogP contribution in [0.2, 0.25) is 0 Å². The monoisotopic (exact) mass is 216 g/mol. The Labute approximate surface area is 90.9 Å². The number of carboxylic acid groups (broad SMARTS) is 1. The minimum absolute atomic E-state index is 0.00463. The van der Waals surface area contributed by atoms with E-state index in [2.05, 4.69) is 15.0 Å². The van der Waals surface area contributed by atoms with Gasteiger partial charge in [0.25, 0.3) is 0 Å². The van der Waals surface area contributed by atoms with Crippen molar-refractivity contribution in [2.24, 2.45) is 4.99 Å². The summed E-state index contributed by atoms with van der Waals surface area (Å²) in [6.45, 7) is -0.110. The maximum absolute atomic E-state index is 10.5. The number of nitrogens with zero attached hydrogens (tertiary/aromatic N) is 3. The number of hydrogen-bond donors (Lipinski definition) is 1. The number of rotatable bonds is 3. The van der Waals surface area contributed by atoms with Gasteiger partial charge in [0.1, 0.15) is 0 Å². The van der Waals surface area contributed by atoms with Gasteiger partial charge >= 0.3 is 20.4 Å². The largest absolute Gasteiger partial charge is 0.544 e. The topological polar surface area (TPSA) is 100 Å². The summed E-state index contributed by atoms with van der Waals surface area (Å²) < 4.78 is 10.0. The van der Waals surface area contributed by atoms with Gasteiger partial charge in [-0.3, -0.25) is 0 Å². The van der Waals surface area contributed by atoms with E-state index in [-0.39, 0.29) is 18.5 Å². The summed E-state index contributed by atoms with van der Waals surface area (Å²) >= 11 is 0. The zero-order chi connectivity index (χ0) is 11.1. The second-order valence-corrected chi connectivity index (χ2v) is 3.29. The molecule has 1 aromatic rings. The van der Waals surface area contributed by atoms with Crippen LogP contribution in [0.5, 0.6) is 0 Å². The molecule has 3 rings (SSSR count). The molecule has 2 aliphatic rings. The Balaban J connectivity index is 1.73. The minimum atomic E-state index is -1.12. The molecule has 1 atom stereocenters. The molecule has 0 aromatic carbocycles. The van der Waals surface area contributed by atoms with E-state index in [9.17, 15) is 4.79 Å². The third-order valence-corrected chi connectivity index (χ3v) is 2.11. The van der Waals surface area contributed by atoms with Crippen molar-refractivity contribution in [3.05, 3.63) is 18.1 Å². The molecule has 77 valence electrons. The van der Waals surface area contributed by atoms with E-state index in [0.717, 1.165) is 6.20 Å². The summed E-state index contributed by atoms with van der Waals surface area (Å²) in [5, 5.41) is 8.61. The fraction of sp³-hybridized carbons (Fsp3) is 0.143. The van der Waals surface area contributed by atoms with Gasteiger partial charge in [-0.2, -0.15) is 0 Å². The first-order valence-corrected chi connectivity index (χ1v) is 4.53. The fourth-order valence-electron chi connectivity index (χ4n) is 1.18. The van der Waals surface area contributed by atoms with Gasteiger partial charge < -0.3 is 14.4 Å². The van der Waals surface area contributed by atoms with Crippen LogP contribution in [0, 0.1) is 0 Å². The number of hydrogen-bond acceptors (Lipinski definition) is 6. The van der Waals surface area contributed by atoms with Crippen LogP contribution in [0.1, 0.15) is 10.5 Å². The Bertz CT molecular complexity index is 473. The van der Waals surface area contributed by atoms with Crippen LogP contribution in [0.4, 0.5) is 5.82 Å². The number of aromatic carboxylic acids is 1. The third kappa shape index (κ3) is 1.76. The molecule has 2 fully saturated rings. The summed E-state index contributed by atoms with van der Waals surface area (Å²) in [6.07, 6.45) is 2.44. The molecule has 0 spiro atoms. The van der Waals surface area contributed by atoms with E-state index < -0.39 is 5.97 Å². The average Bonchev–Trinajstić information content (AvgIpc) is 3.12. The molecule has 0 aliphatic carbocycles. The van der Waals surface area contributed by atoms with Gasteiger partial charge in [0.2, 0.25) is 0 Å². The molecule has 2 aliphatic heterocycles. The number of carboxylic acids is 1. The van der Waals surface area contributed by atoms with E-state index in [0.29, 0.717) is 11.6 Å². The van der Waals surface area contributed by atoms with Crippen molar-refractivity contribution in [2.75, 3.05) is 0 Å². The molecule has 9 heteroatoms. The summed E-state index contributed by atoms with van der Waals surface area (Å²) in [4.78, 5) is 22.1. The molecule has 0 saturated carbocycles. The highest BCUT2D eigenvalue weighted by Crippen LogP contribution is 2.25. The van der Waals surface area contributed by atoms with Crippen LogP contribution < -0.4 is 0 Å². The number of carbonyl (C=O) groups is 1. The molecule has 3 heterocycles. The van der Waals surface area contributed by atoms with Crippen molar-refractivity contribution in [3.8, 4) is 0 Å². The maximum atomic E-state index is 10.5. The highest BCUT2D eigenvalue weighted by molar-refractivity contribution is 7.04. The first kappa shape index (κ1) is 9.34. The van der Waals surface area contributed by atoms with Crippen LogP contribution in [-0.2, 0) is 9.31 Å². The smallest absolute Gasteiger partial charge is 0.474 e. The lowest BCUT2D eigenvalue weighted by molar-refractivity contribution is 0.0690. The first-order chi connectivity index (χ1) is 7.74. The Morgan fingerprint density at radius 1 is 1.56 bits per heavy atom. The maximum Gasteiger partial charge on any atom is 0.474 e. The lowest BCUT2D eigenvalue weighted by Crippen LogP contribution is -2.04. The number of aliphatic imine (C=N–C) groups is 1. The molecule has 2 saturated heterocycles. The molecule has 7 nitrogen and oxygen atoms in total. The Morgan fingerprint density at radius 2 is 2.38 bits per heavy atom. The second kappa shape index (κ2) is 3.31. The van der Waals surface area contributed by atoms with Crippen molar-refractivity contribution >= 4 is 32.0 Å². The molecule has 1 N–H and O–H groups in total. The zero-order valence-corrected chi connectivity index (χ0v) is 7.90. The first-order valence-electron chi connectivity index (χ1n) is 4.53. The summed E-state index contributed by atoms with van der Waals surface area (Å²) in [6, 6.07) is 0. The molecule has 1 aromatic heterocycles. The van der Waals surface area contributed by atoms with E-state index in [4.69, 9.17) is 14.4 Å². The van der Waals surface area contributed by atoms with E-state index >= 15 is 0 Å². The lowest BCUT2D eigenvalue weighted by Gasteiger charge is -1.92. The van der Waals surface area contributed by atoms with Gasteiger partial charge in [-0.1, -0.05) is 0 Å². The van der Waals surface area contributed by atoms with Crippen LogP contribution in [0.3, 0.4) is 0 Å². The predicted molar refractivity (Wildman–Crippen MR) is 53.6 cm³/mol. The van der Waals surface area contributed by atoms with Gasteiger partial charge in [-0.05, 0) is 0 Å². The molecular formula is C7H4B2N3O4. The molecule has 1 unspecified atom stereocenters. The predicted octanol–water partition coefficient (Wildman–Crippen LogP) is -0.720. The quantitative estimate of drug-likeness (QED) is 0.528. The third-order valence-electron chi connectivity index (χ3n) is 2.11. The van der Waals surface area contributed by atoms with Gasteiger partial charge in [-0.25, -0.2) is 19.8 Å². The fourth-order valence-corrected chi connectivity index (χ4v) is 1.18. The van der Waals surface area contributed by atoms with E-state index in [1.807, 2.05) is 0 Å². The molecule has 0 amide bonds. The summed E-state index contributed by atoms with van der Waals surface area (Å²) in [5.74, 6) is -0.252. The van der Waals surface area contributed by atoms with Crippen molar-refractivity contribution in [2.45, 2.75) is 5.90 Å². The second-order valence-electron chi connectivity index (χ2n) is 3.29. The Hall–Kier alpha value is -1.89. The van der Waals surface area contributed by atoms with Crippen molar-refractivity contribution < 1.29 is 19.2 Å².